The van der Waals surface area contributed by atoms with Crippen molar-refractivity contribution in [2.45, 2.75) is 25.6 Å². The Hall–Kier alpha value is -1.44. The van der Waals surface area contributed by atoms with Crippen molar-refractivity contribution >= 4 is 15.7 Å². The van der Waals surface area contributed by atoms with Crippen LogP contribution in [-0.4, -0.2) is 57.5 Å². The van der Waals surface area contributed by atoms with Crippen molar-refractivity contribution < 1.29 is 17.9 Å². The first-order chi connectivity index (χ1) is 10.9. The average molecular weight is 340 g/mol. The lowest BCUT2D eigenvalue weighted by Crippen LogP contribution is -2.41. The Morgan fingerprint density at radius 1 is 1.35 bits per heavy atom. The number of likely N-dealkylation sites (N-methyl/N-ethyl adjacent to an activating group) is 1. The van der Waals surface area contributed by atoms with Crippen LogP contribution in [0.1, 0.15) is 17.5 Å². The zero-order chi connectivity index (χ0) is 16.9. The first-order valence-electron chi connectivity index (χ1n) is 7.64. The van der Waals surface area contributed by atoms with Gasteiger partial charge in [-0.3, -0.25) is 9.69 Å². The van der Waals surface area contributed by atoms with Crippen LogP contribution in [0.15, 0.2) is 24.3 Å². The average Bonchev–Trinajstić information content (AvgIpc) is 2.87. The molecule has 0 aliphatic carbocycles. The summed E-state index contributed by atoms with van der Waals surface area (Å²) in [5.41, 5.74) is 2.07. The van der Waals surface area contributed by atoms with E-state index >= 15 is 0 Å². The van der Waals surface area contributed by atoms with Crippen LogP contribution in [-0.2, 0) is 32.5 Å². The van der Waals surface area contributed by atoms with Gasteiger partial charge in [0.2, 0.25) is 5.91 Å². The second-order valence-electron chi connectivity index (χ2n) is 5.95. The predicted octanol–water partition coefficient (Wildman–Crippen LogP) is 0.568. The highest BCUT2D eigenvalue weighted by atomic mass is 32.2. The van der Waals surface area contributed by atoms with Crippen molar-refractivity contribution in [3.63, 3.8) is 0 Å². The van der Waals surface area contributed by atoms with E-state index in [4.69, 9.17) is 4.74 Å². The van der Waals surface area contributed by atoms with Crippen LogP contribution in [0.4, 0.5) is 0 Å². The summed E-state index contributed by atoms with van der Waals surface area (Å²) in [6, 6.07) is 7.73. The van der Waals surface area contributed by atoms with E-state index in [1.54, 1.807) is 14.2 Å². The van der Waals surface area contributed by atoms with Gasteiger partial charge in [-0.05, 0) is 24.6 Å². The molecule has 2 rings (SSSR count). The number of carbonyl (C=O) groups is 1. The number of rotatable bonds is 7. The number of amides is 1. The topological polar surface area (TPSA) is 75.7 Å². The van der Waals surface area contributed by atoms with E-state index in [1.165, 1.54) is 0 Å². The van der Waals surface area contributed by atoms with Gasteiger partial charge in [0, 0.05) is 19.7 Å². The number of methoxy groups -OCH3 is 1. The van der Waals surface area contributed by atoms with Crippen molar-refractivity contribution in [3.8, 4) is 0 Å². The molecule has 1 N–H and O–H groups in total. The van der Waals surface area contributed by atoms with Gasteiger partial charge in [0.15, 0.2) is 9.84 Å². The molecule has 23 heavy (non-hydrogen) atoms. The lowest BCUT2D eigenvalue weighted by atomic mass is 10.1. The van der Waals surface area contributed by atoms with Crippen molar-refractivity contribution in [1.29, 1.82) is 0 Å². The van der Waals surface area contributed by atoms with Gasteiger partial charge in [-0.1, -0.05) is 24.3 Å². The van der Waals surface area contributed by atoms with Crippen LogP contribution in [0.3, 0.4) is 0 Å². The quantitative estimate of drug-likeness (QED) is 0.785. The lowest BCUT2D eigenvalue weighted by molar-refractivity contribution is -0.122. The van der Waals surface area contributed by atoms with Gasteiger partial charge in [-0.15, -0.1) is 0 Å². The largest absolute Gasteiger partial charge is 0.380 e. The Morgan fingerprint density at radius 3 is 2.65 bits per heavy atom. The molecule has 6 nitrogen and oxygen atoms in total. The highest BCUT2D eigenvalue weighted by Gasteiger charge is 2.31. The molecule has 1 atom stereocenters. The normalized spacial score (nSPS) is 19.9. The van der Waals surface area contributed by atoms with Crippen molar-refractivity contribution in [1.82, 2.24) is 10.2 Å². The second-order valence-corrected chi connectivity index (χ2v) is 8.18. The Morgan fingerprint density at radius 2 is 2.04 bits per heavy atom. The first-order valence-corrected chi connectivity index (χ1v) is 9.46. The van der Waals surface area contributed by atoms with E-state index in [0.29, 0.717) is 19.6 Å². The molecule has 0 bridgehead atoms. The number of hydrogen-bond donors (Lipinski definition) is 1. The molecule has 1 saturated heterocycles. The summed E-state index contributed by atoms with van der Waals surface area (Å²) in [5, 5.41) is 2.89. The zero-order valence-corrected chi connectivity index (χ0v) is 14.4. The van der Waals surface area contributed by atoms with Crippen LogP contribution < -0.4 is 5.32 Å². The van der Waals surface area contributed by atoms with Gasteiger partial charge in [-0.2, -0.15) is 0 Å². The van der Waals surface area contributed by atoms with E-state index in [2.05, 4.69) is 5.32 Å². The molecule has 1 amide bonds. The van der Waals surface area contributed by atoms with E-state index in [1.807, 2.05) is 29.2 Å². The van der Waals surface area contributed by atoms with Gasteiger partial charge in [-0.25, -0.2) is 8.42 Å². The van der Waals surface area contributed by atoms with Gasteiger partial charge in [0.1, 0.15) is 0 Å². The molecule has 128 valence electrons. The van der Waals surface area contributed by atoms with E-state index in [-0.39, 0.29) is 30.0 Å². The number of nitrogens with zero attached hydrogens (tertiary/aromatic N) is 1. The lowest BCUT2D eigenvalue weighted by Gasteiger charge is -2.22. The highest BCUT2D eigenvalue weighted by Crippen LogP contribution is 2.16. The third-order valence-electron chi connectivity index (χ3n) is 4.12. The minimum atomic E-state index is -2.93. The fraction of sp³-hybridized carbons (Fsp3) is 0.562. The third-order valence-corrected chi connectivity index (χ3v) is 5.87. The maximum atomic E-state index is 12.1. The molecule has 1 aliphatic rings. The Balaban J connectivity index is 1.83. The van der Waals surface area contributed by atoms with Crippen LogP contribution >= 0.6 is 0 Å². The molecular formula is C16H24N2O4S. The third kappa shape index (κ3) is 5.30. The standard InChI is InChI=1S/C16H24N2O4S/c1-18(15-7-8-23(20,21)12-15)10-16(19)17-9-13-5-3-4-6-14(13)11-22-2/h3-6,15H,7-12H2,1-2H3,(H,17,19)/t15-/m0/s1. The van der Waals surface area contributed by atoms with Crippen LogP contribution in [0.5, 0.6) is 0 Å². The molecule has 1 fully saturated rings. The number of sulfone groups is 1. The fourth-order valence-corrected chi connectivity index (χ4v) is 4.56. The minimum Gasteiger partial charge on any atom is -0.380 e. The molecule has 1 aromatic carbocycles. The summed E-state index contributed by atoms with van der Waals surface area (Å²) in [6.07, 6.45) is 0.600. The second kappa shape index (κ2) is 7.90. The monoisotopic (exact) mass is 340 g/mol. The fourth-order valence-electron chi connectivity index (χ4n) is 2.75. The SMILES string of the molecule is COCc1ccccc1CNC(=O)CN(C)[C@H]1CCS(=O)(=O)C1. The highest BCUT2D eigenvalue weighted by molar-refractivity contribution is 7.91. The van der Waals surface area contributed by atoms with E-state index in [0.717, 1.165) is 11.1 Å². The minimum absolute atomic E-state index is 0.0634. The molecule has 1 heterocycles. The maximum absolute atomic E-state index is 12.1. The van der Waals surface area contributed by atoms with Crippen LogP contribution in [0.2, 0.25) is 0 Å². The zero-order valence-electron chi connectivity index (χ0n) is 13.6. The molecule has 0 aromatic heterocycles. The molecule has 0 saturated carbocycles. The van der Waals surface area contributed by atoms with Gasteiger partial charge < -0.3 is 10.1 Å². The van der Waals surface area contributed by atoms with E-state index < -0.39 is 9.84 Å². The Bertz CT molecular complexity index is 645. The van der Waals surface area contributed by atoms with Gasteiger partial charge in [0.25, 0.3) is 0 Å². The molecule has 0 radical (unpaired) electrons. The Kier molecular flexibility index (Phi) is 6.15. The number of hydrogen-bond acceptors (Lipinski definition) is 5. The summed E-state index contributed by atoms with van der Waals surface area (Å²) in [5.74, 6) is 0.255. The summed E-state index contributed by atoms with van der Waals surface area (Å²) < 4.78 is 28.2. The maximum Gasteiger partial charge on any atom is 0.234 e. The van der Waals surface area contributed by atoms with Gasteiger partial charge in [0.05, 0.1) is 24.7 Å². The smallest absolute Gasteiger partial charge is 0.234 e. The van der Waals surface area contributed by atoms with Crippen molar-refractivity contribution in [2.24, 2.45) is 0 Å². The molecule has 0 spiro atoms. The van der Waals surface area contributed by atoms with Crippen LogP contribution in [0, 0.1) is 0 Å². The number of carbonyl (C=O) groups excluding carboxylic acids is 1. The van der Waals surface area contributed by atoms with Crippen molar-refractivity contribution in [2.75, 3.05) is 32.2 Å². The molecule has 7 heteroatoms. The molecule has 1 aliphatic heterocycles. The van der Waals surface area contributed by atoms with Crippen molar-refractivity contribution in [3.05, 3.63) is 35.4 Å². The molecular weight excluding hydrogens is 316 g/mol. The van der Waals surface area contributed by atoms with Gasteiger partial charge >= 0.3 is 0 Å². The van der Waals surface area contributed by atoms with Crippen LogP contribution in [0.25, 0.3) is 0 Å². The summed E-state index contributed by atoms with van der Waals surface area (Å²) in [6.45, 7) is 1.15. The summed E-state index contributed by atoms with van der Waals surface area (Å²) in [4.78, 5) is 13.9. The molecule has 1 aromatic rings. The molecule has 0 unspecified atom stereocenters. The number of nitrogens with one attached hydrogen (secondary N) is 1. The Labute approximate surface area is 137 Å². The first kappa shape index (κ1) is 17.9. The van der Waals surface area contributed by atoms with E-state index in [9.17, 15) is 13.2 Å². The number of benzene rings is 1. The summed E-state index contributed by atoms with van der Waals surface area (Å²) >= 11 is 0. The predicted molar refractivity (Wildman–Crippen MR) is 88.7 cm³/mol. The number of ether oxygens (including phenoxy) is 1. The summed E-state index contributed by atoms with van der Waals surface area (Å²) in [7, 11) is 0.504.